The van der Waals surface area contributed by atoms with E-state index in [2.05, 4.69) is 0 Å². The molecule has 0 aliphatic carbocycles. The quantitative estimate of drug-likeness (QED) is 0.378. The Bertz CT molecular complexity index is 48.3. The Morgan fingerprint density at radius 2 is 1.44 bits per heavy atom. The number of carbonyl (C=O) groups is 1. The molecule has 0 bridgehead atoms. The van der Waals surface area contributed by atoms with Gasteiger partial charge < -0.3 is 20.7 Å². The van der Waals surface area contributed by atoms with Crippen LogP contribution in [0.4, 0.5) is 4.79 Å². The molecule has 0 atom stereocenters. The molecule has 0 radical (unpaired) electrons. The standard InChI is InChI=1S/C2H7N.CH2O3.2K/c1-2-3;2-1(3)4;;/h2-3H2,1H3;(H2,2,3,4);;/q;;2*+1/p-2. The van der Waals surface area contributed by atoms with E-state index >= 15 is 0 Å². The molecule has 2 N–H and O–H groups in total. The van der Waals surface area contributed by atoms with E-state index in [1.165, 1.54) is 0 Å². The third-order valence-electron chi connectivity index (χ3n) is 0. The van der Waals surface area contributed by atoms with E-state index in [-0.39, 0.29) is 103 Å². The van der Waals surface area contributed by atoms with Crippen molar-refractivity contribution in [2.75, 3.05) is 6.54 Å². The van der Waals surface area contributed by atoms with Crippen LogP contribution < -0.4 is 119 Å². The van der Waals surface area contributed by atoms with Gasteiger partial charge in [-0.3, -0.25) is 0 Å². The second-order valence-electron chi connectivity index (χ2n) is 0.658. The topological polar surface area (TPSA) is 89.2 Å². The van der Waals surface area contributed by atoms with E-state index in [9.17, 15) is 0 Å². The number of rotatable bonds is 0. The molecule has 0 fully saturated rings. The molecule has 4 nitrogen and oxygen atoms in total. The summed E-state index contributed by atoms with van der Waals surface area (Å²) in [5, 5.41) is 16.7. The normalized spacial score (nSPS) is 4.67. The molecule has 0 aliphatic rings. The molecule has 0 rings (SSSR count). The fraction of sp³-hybridized carbons (Fsp3) is 0.667. The van der Waals surface area contributed by atoms with Gasteiger partial charge in [0, 0.05) is 0 Å². The molecule has 0 heterocycles. The third kappa shape index (κ3) is 121. The summed E-state index contributed by atoms with van der Waals surface area (Å²) in [4.78, 5) is 8.33. The Morgan fingerprint density at radius 3 is 1.44 bits per heavy atom. The van der Waals surface area contributed by atoms with Crippen LogP contribution in [-0.4, -0.2) is 12.7 Å². The van der Waals surface area contributed by atoms with Gasteiger partial charge in [-0.25, -0.2) is 0 Å². The van der Waals surface area contributed by atoms with E-state index in [1.807, 2.05) is 6.92 Å². The second-order valence-corrected chi connectivity index (χ2v) is 0.658. The van der Waals surface area contributed by atoms with Gasteiger partial charge in [0.2, 0.25) is 0 Å². The molecule has 44 valence electrons. The van der Waals surface area contributed by atoms with Crippen molar-refractivity contribution in [3.63, 3.8) is 0 Å². The molecular formula is C3H7K2NO3. The van der Waals surface area contributed by atoms with Crippen molar-refractivity contribution in [3.05, 3.63) is 0 Å². The third-order valence-corrected chi connectivity index (χ3v) is 0. The molecule has 0 saturated heterocycles. The largest absolute Gasteiger partial charge is 1.00 e. The van der Waals surface area contributed by atoms with Gasteiger partial charge in [-0.15, -0.1) is 0 Å². The Labute approximate surface area is 139 Å². The molecule has 0 saturated carbocycles. The van der Waals surface area contributed by atoms with Crippen LogP contribution >= 0.6 is 0 Å². The maximum absolute atomic E-state index is 8.33. The fourth-order valence-corrected chi connectivity index (χ4v) is 0. The van der Waals surface area contributed by atoms with Gasteiger partial charge in [-0.2, -0.15) is 0 Å². The summed E-state index contributed by atoms with van der Waals surface area (Å²) in [6, 6.07) is 0. The molecule has 0 aromatic rings. The summed E-state index contributed by atoms with van der Waals surface area (Å²) in [5.41, 5.74) is 4.85. The molecule has 0 unspecified atom stereocenters. The maximum atomic E-state index is 8.33. The Kier molecular flexibility index (Phi) is 56.2. The van der Waals surface area contributed by atoms with Crippen molar-refractivity contribution in [1.29, 1.82) is 0 Å². The summed E-state index contributed by atoms with van der Waals surface area (Å²) in [7, 11) is 0. The van der Waals surface area contributed by atoms with Gasteiger partial charge in [0.1, 0.15) is 0 Å². The predicted octanol–water partition coefficient (Wildman–Crippen LogP) is -8.47. The number of carboxylic acid groups (broad SMARTS) is 2. The van der Waals surface area contributed by atoms with Gasteiger partial charge in [-0.1, -0.05) is 6.92 Å². The van der Waals surface area contributed by atoms with Crippen LogP contribution in [0.25, 0.3) is 0 Å². The van der Waals surface area contributed by atoms with E-state index < -0.39 is 6.16 Å². The zero-order valence-corrected chi connectivity index (χ0v) is 12.3. The fourth-order valence-electron chi connectivity index (χ4n) is 0. The molecule has 9 heavy (non-hydrogen) atoms. The monoisotopic (exact) mass is 183 g/mol. The summed E-state index contributed by atoms with van der Waals surface area (Å²) in [6.45, 7) is 2.65. The molecule has 0 aromatic heterocycles. The first-order valence-corrected chi connectivity index (χ1v) is 1.73. The maximum Gasteiger partial charge on any atom is 1.00 e. The molecule has 6 heteroatoms. The predicted molar refractivity (Wildman–Crippen MR) is 20.1 cm³/mol. The van der Waals surface area contributed by atoms with Gasteiger partial charge in [-0.05, 0) is 12.7 Å². The summed E-state index contributed by atoms with van der Waals surface area (Å²) >= 11 is 0. The van der Waals surface area contributed by atoms with Crippen molar-refractivity contribution >= 4 is 6.16 Å². The Hall–Kier alpha value is 2.50. The zero-order valence-electron chi connectivity index (χ0n) is 6.01. The van der Waals surface area contributed by atoms with Gasteiger partial charge >= 0.3 is 103 Å². The summed E-state index contributed by atoms with van der Waals surface area (Å²) in [6.07, 6.45) is -2.33. The van der Waals surface area contributed by atoms with Crippen molar-refractivity contribution in [1.82, 2.24) is 0 Å². The van der Waals surface area contributed by atoms with Crippen molar-refractivity contribution in [2.24, 2.45) is 5.73 Å². The zero-order chi connectivity index (χ0) is 6.28. The number of carbonyl (C=O) groups excluding carboxylic acids is 1. The van der Waals surface area contributed by atoms with Crippen LogP contribution in [0, 0.1) is 0 Å². The van der Waals surface area contributed by atoms with E-state index in [0.717, 1.165) is 6.54 Å². The summed E-state index contributed by atoms with van der Waals surface area (Å²) < 4.78 is 0. The molecule has 0 aliphatic heterocycles. The average molecular weight is 183 g/mol. The first-order chi connectivity index (χ1) is 3.15. The molecule has 0 aromatic carbocycles. The average Bonchev–Trinajstić information content (AvgIpc) is 1.33. The van der Waals surface area contributed by atoms with E-state index in [0.29, 0.717) is 0 Å². The smallest absolute Gasteiger partial charge is 0.652 e. The van der Waals surface area contributed by atoms with E-state index in [4.69, 9.17) is 20.7 Å². The molecule has 0 spiro atoms. The van der Waals surface area contributed by atoms with Crippen LogP contribution in [0.1, 0.15) is 6.92 Å². The van der Waals surface area contributed by atoms with E-state index in [1.54, 1.807) is 0 Å². The van der Waals surface area contributed by atoms with Gasteiger partial charge in [0.15, 0.2) is 0 Å². The summed E-state index contributed by atoms with van der Waals surface area (Å²) in [5.74, 6) is 0. The number of hydrogen-bond donors (Lipinski definition) is 1. The molecule has 0 amide bonds. The van der Waals surface area contributed by atoms with Gasteiger partial charge in [0.25, 0.3) is 0 Å². The molecular weight excluding hydrogens is 176 g/mol. The van der Waals surface area contributed by atoms with Crippen LogP contribution in [0.2, 0.25) is 0 Å². The van der Waals surface area contributed by atoms with Crippen molar-refractivity contribution < 1.29 is 118 Å². The number of nitrogens with two attached hydrogens (primary N) is 1. The van der Waals surface area contributed by atoms with Crippen LogP contribution in [0.5, 0.6) is 0 Å². The van der Waals surface area contributed by atoms with Crippen molar-refractivity contribution in [3.8, 4) is 0 Å². The first-order valence-electron chi connectivity index (χ1n) is 1.73. The Morgan fingerprint density at radius 1 is 1.44 bits per heavy atom. The van der Waals surface area contributed by atoms with Crippen LogP contribution in [0.15, 0.2) is 0 Å². The minimum absolute atomic E-state index is 0. The second kappa shape index (κ2) is 22.4. The minimum Gasteiger partial charge on any atom is -0.652 e. The minimum atomic E-state index is -2.33. The Balaban J connectivity index is -0.0000000233. The first kappa shape index (κ1) is 22.5. The van der Waals surface area contributed by atoms with Crippen molar-refractivity contribution in [2.45, 2.75) is 6.92 Å². The SMILES string of the molecule is CCN.O=C([O-])[O-].[K+].[K+]. The number of hydrogen-bond acceptors (Lipinski definition) is 4. The van der Waals surface area contributed by atoms with Crippen LogP contribution in [0.3, 0.4) is 0 Å². The van der Waals surface area contributed by atoms with Gasteiger partial charge in [0.05, 0.1) is 0 Å². The van der Waals surface area contributed by atoms with Crippen LogP contribution in [-0.2, 0) is 0 Å².